The summed E-state index contributed by atoms with van der Waals surface area (Å²) in [5.74, 6) is 0. The van der Waals surface area contributed by atoms with Crippen LogP contribution in [0.1, 0.15) is 53.4 Å². The molecule has 2 heterocycles. The maximum absolute atomic E-state index is 5.86. The third-order valence-electron chi connectivity index (χ3n) is 4.28. The van der Waals surface area contributed by atoms with Gasteiger partial charge in [0.15, 0.2) is 0 Å². The molecule has 1 N–H and O–H groups in total. The Morgan fingerprint density at radius 1 is 1.17 bits per heavy atom. The highest BCUT2D eigenvalue weighted by molar-refractivity contribution is 4.95. The minimum Gasteiger partial charge on any atom is -0.375 e. The smallest absolute Gasteiger partial charge is 0.0600 e. The van der Waals surface area contributed by atoms with Gasteiger partial charge in [0.05, 0.1) is 12.2 Å². The second kappa shape index (κ2) is 5.89. The van der Waals surface area contributed by atoms with Crippen LogP contribution in [0.5, 0.6) is 0 Å². The van der Waals surface area contributed by atoms with Crippen LogP contribution in [0.2, 0.25) is 0 Å². The number of nitrogens with one attached hydrogen (secondary N) is 1. The van der Waals surface area contributed by atoms with Crippen molar-refractivity contribution in [2.75, 3.05) is 19.7 Å². The van der Waals surface area contributed by atoms with Crippen molar-refractivity contribution in [2.24, 2.45) is 0 Å². The van der Waals surface area contributed by atoms with Gasteiger partial charge in [-0.15, -0.1) is 0 Å². The van der Waals surface area contributed by atoms with Gasteiger partial charge in [-0.05, 0) is 53.0 Å². The van der Waals surface area contributed by atoms with Crippen molar-refractivity contribution >= 4 is 0 Å². The van der Waals surface area contributed by atoms with Gasteiger partial charge in [0, 0.05) is 24.7 Å². The van der Waals surface area contributed by atoms with E-state index in [4.69, 9.17) is 4.74 Å². The molecule has 0 amide bonds. The molecule has 2 rings (SSSR count). The predicted octanol–water partition coefficient (Wildman–Crippen LogP) is 2.41. The molecule has 0 radical (unpaired) electrons. The summed E-state index contributed by atoms with van der Waals surface area (Å²) in [5, 5.41) is 3.72. The van der Waals surface area contributed by atoms with Crippen LogP contribution in [0.15, 0.2) is 0 Å². The summed E-state index contributed by atoms with van der Waals surface area (Å²) in [6, 6.07) is 2.34. The Labute approximate surface area is 112 Å². The minimum atomic E-state index is -0.00738. The van der Waals surface area contributed by atoms with E-state index in [1.54, 1.807) is 0 Å². The summed E-state index contributed by atoms with van der Waals surface area (Å²) >= 11 is 0. The summed E-state index contributed by atoms with van der Waals surface area (Å²) in [7, 11) is 0. The minimum absolute atomic E-state index is 0.00738. The molecule has 2 aliphatic heterocycles. The van der Waals surface area contributed by atoms with E-state index in [1.807, 2.05) is 0 Å². The van der Waals surface area contributed by atoms with Gasteiger partial charge in [-0.3, -0.25) is 4.90 Å². The molecule has 2 saturated heterocycles. The third-order valence-corrected chi connectivity index (χ3v) is 4.28. The lowest BCUT2D eigenvalue weighted by Crippen LogP contribution is -2.49. The van der Waals surface area contributed by atoms with Crippen molar-refractivity contribution in [3.05, 3.63) is 0 Å². The number of nitrogens with zero attached hydrogens (tertiary/aromatic N) is 1. The SMILES string of the molecule is CCN(CCOC(C)(C)C)C1CC2CCC(C1)N2. The van der Waals surface area contributed by atoms with Gasteiger partial charge in [0.2, 0.25) is 0 Å². The molecule has 0 aliphatic carbocycles. The molecule has 2 atom stereocenters. The van der Waals surface area contributed by atoms with Crippen molar-refractivity contribution in [3.8, 4) is 0 Å². The number of fused-ring (bicyclic) bond motifs is 2. The van der Waals surface area contributed by atoms with E-state index in [2.05, 4.69) is 37.9 Å². The normalized spacial score (nSPS) is 32.2. The molecular formula is C15H30N2O. The van der Waals surface area contributed by atoms with Crippen molar-refractivity contribution in [1.82, 2.24) is 10.2 Å². The molecule has 0 aromatic heterocycles. The average molecular weight is 254 g/mol. The lowest BCUT2D eigenvalue weighted by Gasteiger charge is -2.37. The van der Waals surface area contributed by atoms with Crippen molar-refractivity contribution in [1.29, 1.82) is 0 Å². The summed E-state index contributed by atoms with van der Waals surface area (Å²) in [4.78, 5) is 2.62. The molecular weight excluding hydrogens is 224 g/mol. The number of hydrogen-bond donors (Lipinski definition) is 1. The molecule has 0 spiro atoms. The average Bonchev–Trinajstić information content (AvgIpc) is 2.62. The van der Waals surface area contributed by atoms with Crippen LogP contribution in [-0.2, 0) is 4.74 Å². The fourth-order valence-corrected chi connectivity index (χ4v) is 3.39. The number of ether oxygens (including phenoxy) is 1. The molecule has 0 saturated carbocycles. The first-order valence-electron chi connectivity index (χ1n) is 7.62. The summed E-state index contributed by atoms with van der Waals surface area (Å²) < 4.78 is 5.86. The van der Waals surface area contributed by atoms with Gasteiger partial charge in [0.25, 0.3) is 0 Å². The second-order valence-electron chi connectivity index (χ2n) is 6.85. The van der Waals surface area contributed by atoms with Crippen LogP contribution < -0.4 is 5.32 Å². The Morgan fingerprint density at radius 3 is 2.28 bits per heavy atom. The molecule has 2 bridgehead atoms. The molecule has 3 heteroatoms. The number of likely N-dealkylation sites (N-methyl/N-ethyl adjacent to an activating group) is 1. The van der Waals surface area contributed by atoms with Gasteiger partial charge in [-0.1, -0.05) is 6.92 Å². The summed E-state index contributed by atoms with van der Waals surface area (Å²) in [6.45, 7) is 11.8. The molecule has 2 unspecified atom stereocenters. The summed E-state index contributed by atoms with van der Waals surface area (Å²) in [5.41, 5.74) is -0.00738. The van der Waals surface area contributed by atoms with Gasteiger partial charge >= 0.3 is 0 Å². The largest absolute Gasteiger partial charge is 0.375 e. The van der Waals surface area contributed by atoms with Crippen molar-refractivity contribution in [2.45, 2.75) is 77.1 Å². The van der Waals surface area contributed by atoms with Gasteiger partial charge in [-0.2, -0.15) is 0 Å². The highest BCUT2D eigenvalue weighted by Crippen LogP contribution is 2.29. The Balaban J connectivity index is 1.78. The maximum Gasteiger partial charge on any atom is 0.0600 e. The lowest BCUT2D eigenvalue weighted by molar-refractivity contribution is -0.0196. The van der Waals surface area contributed by atoms with E-state index in [0.29, 0.717) is 0 Å². The van der Waals surface area contributed by atoms with E-state index >= 15 is 0 Å². The zero-order valence-corrected chi connectivity index (χ0v) is 12.5. The van der Waals surface area contributed by atoms with Crippen LogP contribution in [-0.4, -0.2) is 48.3 Å². The van der Waals surface area contributed by atoms with Gasteiger partial charge < -0.3 is 10.1 Å². The van der Waals surface area contributed by atoms with Gasteiger partial charge in [0.1, 0.15) is 0 Å². The summed E-state index contributed by atoms with van der Waals surface area (Å²) in [6.07, 6.45) is 5.44. The van der Waals surface area contributed by atoms with Crippen molar-refractivity contribution in [3.63, 3.8) is 0 Å². The molecule has 0 aromatic rings. The monoisotopic (exact) mass is 254 g/mol. The lowest BCUT2D eigenvalue weighted by atomic mass is 9.98. The number of rotatable bonds is 5. The molecule has 3 nitrogen and oxygen atoms in total. The Morgan fingerprint density at radius 2 is 1.78 bits per heavy atom. The molecule has 106 valence electrons. The predicted molar refractivity (Wildman–Crippen MR) is 75.9 cm³/mol. The maximum atomic E-state index is 5.86. The quantitative estimate of drug-likeness (QED) is 0.815. The van der Waals surface area contributed by atoms with Crippen molar-refractivity contribution < 1.29 is 4.74 Å². The molecule has 18 heavy (non-hydrogen) atoms. The molecule has 0 aromatic carbocycles. The fourth-order valence-electron chi connectivity index (χ4n) is 3.39. The zero-order chi connectivity index (χ0) is 13.2. The van der Waals surface area contributed by atoms with E-state index in [-0.39, 0.29) is 5.60 Å². The standard InChI is InChI=1S/C15H30N2O/c1-5-17(8-9-18-15(2,3)4)14-10-12-6-7-13(11-14)16-12/h12-14,16H,5-11H2,1-4H3. The Hall–Kier alpha value is -0.120. The van der Waals surface area contributed by atoms with Gasteiger partial charge in [-0.25, -0.2) is 0 Å². The Bertz CT molecular complexity index is 250. The van der Waals surface area contributed by atoms with E-state index in [1.165, 1.54) is 25.7 Å². The first-order chi connectivity index (χ1) is 8.48. The number of piperidine rings is 1. The molecule has 2 fully saturated rings. The fraction of sp³-hybridized carbons (Fsp3) is 1.00. The molecule has 2 aliphatic rings. The first-order valence-corrected chi connectivity index (χ1v) is 7.62. The van der Waals surface area contributed by atoms with Crippen LogP contribution in [0, 0.1) is 0 Å². The van der Waals surface area contributed by atoms with Crippen LogP contribution >= 0.6 is 0 Å². The van der Waals surface area contributed by atoms with Crippen LogP contribution in [0.4, 0.5) is 0 Å². The highest BCUT2D eigenvalue weighted by atomic mass is 16.5. The Kier molecular flexibility index (Phi) is 4.68. The second-order valence-corrected chi connectivity index (χ2v) is 6.85. The zero-order valence-electron chi connectivity index (χ0n) is 12.5. The van der Waals surface area contributed by atoms with Crippen LogP contribution in [0.25, 0.3) is 0 Å². The van der Waals surface area contributed by atoms with E-state index < -0.39 is 0 Å². The number of hydrogen-bond acceptors (Lipinski definition) is 3. The first kappa shape index (κ1) is 14.3. The van der Waals surface area contributed by atoms with E-state index in [0.717, 1.165) is 37.8 Å². The van der Waals surface area contributed by atoms with E-state index in [9.17, 15) is 0 Å². The third kappa shape index (κ3) is 3.94. The highest BCUT2D eigenvalue weighted by Gasteiger charge is 2.35. The van der Waals surface area contributed by atoms with Crippen LogP contribution in [0.3, 0.4) is 0 Å². The topological polar surface area (TPSA) is 24.5 Å².